The predicted octanol–water partition coefficient (Wildman–Crippen LogP) is 5.39. The molecule has 0 spiro atoms. The van der Waals surface area contributed by atoms with Gasteiger partial charge in [0.25, 0.3) is 11.8 Å². The van der Waals surface area contributed by atoms with Gasteiger partial charge in [0, 0.05) is 43.5 Å². The van der Waals surface area contributed by atoms with Crippen LogP contribution in [0.2, 0.25) is 0 Å². The molecule has 0 radical (unpaired) electrons. The van der Waals surface area contributed by atoms with Gasteiger partial charge in [-0.2, -0.15) is 0 Å². The Morgan fingerprint density at radius 3 is 2.32 bits per heavy atom. The van der Waals surface area contributed by atoms with E-state index in [-0.39, 0.29) is 31.1 Å². The molecule has 220 valence electrons. The maximum atomic E-state index is 14.0. The quantitative estimate of drug-likeness (QED) is 0.329. The summed E-state index contributed by atoms with van der Waals surface area (Å²) >= 11 is 0. The average Bonchev–Trinajstić information content (AvgIpc) is 2.96. The van der Waals surface area contributed by atoms with Gasteiger partial charge in [-0.3, -0.25) is 14.4 Å². The van der Waals surface area contributed by atoms with Crippen molar-refractivity contribution in [3.8, 4) is 5.75 Å². The summed E-state index contributed by atoms with van der Waals surface area (Å²) in [6.07, 6.45) is 2.26. The van der Waals surface area contributed by atoms with Crippen LogP contribution in [0.25, 0.3) is 0 Å². The maximum absolute atomic E-state index is 14.0. The number of carbonyl (C=O) groups is 2. The van der Waals surface area contributed by atoms with E-state index in [0.29, 0.717) is 30.5 Å². The van der Waals surface area contributed by atoms with Crippen molar-refractivity contribution in [1.82, 2.24) is 14.8 Å². The highest BCUT2D eigenvalue weighted by Gasteiger charge is 2.35. The lowest BCUT2D eigenvalue weighted by Gasteiger charge is -2.35. The van der Waals surface area contributed by atoms with Gasteiger partial charge < -0.3 is 19.5 Å². The number of nitrogens with one attached hydrogen (secondary N) is 1. The van der Waals surface area contributed by atoms with Crippen LogP contribution in [0.4, 0.5) is 17.6 Å². The van der Waals surface area contributed by atoms with Crippen molar-refractivity contribution in [3.05, 3.63) is 98.7 Å². The Balaban J connectivity index is 0.00000226. The highest BCUT2D eigenvalue weighted by Crippen LogP contribution is 2.25. The summed E-state index contributed by atoms with van der Waals surface area (Å²) in [4.78, 5) is 41.3. The van der Waals surface area contributed by atoms with Crippen LogP contribution in [0, 0.1) is 17.5 Å². The second-order valence-corrected chi connectivity index (χ2v) is 9.14. The van der Waals surface area contributed by atoms with E-state index in [9.17, 15) is 31.9 Å². The van der Waals surface area contributed by atoms with Crippen molar-refractivity contribution >= 4 is 11.8 Å². The Morgan fingerprint density at radius 2 is 1.71 bits per heavy atom. The molecule has 7 nitrogen and oxygen atoms in total. The molecule has 0 bridgehead atoms. The largest absolute Gasteiger partial charge is 0.483 e. The average molecular weight is 576 g/mol. The van der Waals surface area contributed by atoms with E-state index in [1.54, 1.807) is 30.3 Å². The molecule has 4 rings (SSSR count). The van der Waals surface area contributed by atoms with Gasteiger partial charge in [-0.25, -0.2) is 17.6 Å². The third-order valence-electron chi connectivity index (χ3n) is 6.53. The molecule has 11 heteroatoms. The number of benzene rings is 2. The molecule has 1 aromatic heterocycles. The Labute approximate surface area is 235 Å². The zero-order chi connectivity index (χ0) is 30.1. The number of ether oxygens (including phenoxy) is 1. The lowest BCUT2D eigenvalue weighted by molar-refractivity contribution is 0.0561. The van der Waals surface area contributed by atoms with E-state index in [2.05, 4.69) is 5.32 Å². The molecule has 1 aliphatic heterocycles. The first-order valence-corrected chi connectivity index (χ1v) is 13.5. The molecule has 0 saturated heterocycles. The van der Waals surface area contributed by atoms with Crippen molar-refractivity contribution < 1.29 is 31.9 Å². The summed E-state index contributed by atoms with van der Waals surface area (Å²) in [6, 6.07) is 9.12. The van der Waals surface area contributed by atoms with Crippen molar-refractivity contribution in [1.29, 1.82) is 0 Å². The van der Waals surface area contributed by atoms with Gasteiger partial charge >= 0.3 is 0 Å². The first-order valence-electron chi connectivity index (χ1n) is 13.5. The zero-order valence-electron chi connectivity index (χ0n) is 23.2. The summed E-state index contributed by atoms with van der Waals surface area (Å²) in [5, 5.41) is 2.27. The van der Waals surface area contributed by atoms with E-state index < -0.39 is 65.1 Å². The Bertz CT molecular complexity index is 1410. The van der Waals surface area contributed by atoms with Crippen LogP contribution >= 0.6 is 0 Å². The van der Waals surface area contributed by atoms with Gasteiger partial charge in [-0.05, 0) is 12.0 Å². The summed E-state index contributed by atoms with van der Waals surface area (Å²) in [6.45, 7) is 4.69. The number of hydrogen-bond acceptors (Lipinski definition) is 4. The molecule has 1 unspecified atom stereocenters. The van der Waals surface area contributed by atoms with Crippen LogP contribution in [0.1, 0.15) is 65.6 Å². The van der Waals surface area contributed by atoms with Crippen LogP contribution in [0.15, 0.2) is 53.5 Å². The molecule has 41 heavy (non-hydrogen) atoms. The lowest BCUT2D eigenvalue weighted by Crippen LogP contribution is -2.49. The third kappa shape index (κ3) is 7.14. The summed E-state index contributed by atoms with van der Waals surface area (Å²) in [5.41, 5.74) is -1.31. The molecule has 3 aromatic rings. The fraction of sp³-hybridized carbons (Fsp3) is 0.367. The Morgan fingerprint density at radius 1 is 1.05 bits per heavy atom. The molecular weight excluding hydrogens is 542 g/mol. The maximum Gasteiger partial charge on any atom is 0.274 e. The van der Waals surface area contributed by atoms with E-state index in [0.717, 1.165) is 0 Å². The normalized spacial score (nSPS) is 13.1. The summed E-state index contributed by atoms with van der Waals surface area (Å²) in [5.74, 6) is -5.44. The fourth-order valence-corrected chi connectivity index (χ4v) is 4.52. The third-order valence-corrected chi connectivity index (χ3v) is 6.53. The number of rotatable bonds is 10. The van der Waals surface area contributed by atoms with Crippen LogP contribution in [0.5, 0.6) is 5.75 Å². The summed E-state index contributed by atoms with van der Waals surface area (Å²) < 4.78 is 62.3. The second kappa shape index (κ2) is 14.5. The lowest BCUT2D eigenvalue weighted by atomic mass is 10.1. The number of carbonyl (C=O) groups excluding carboxylic acids is 2. The molecule has 1 N–H and O–H groups in total. The number of nitrogens with zero attached hydrogens (tertiary/aromatic N) is 2. The number of hydrogen-bond donors (Lipinski definition) is 1. The molecular formula is C30H33F4N3O4. The highest BCUT2D eigenvalue weighted by atomic mass is 19.1. The minimum absolute atomic E-state index is 0.0884. The number of fused-ring (bicyclic) bond motifs is 1. The molecule has 0 fully saturated rings. The molecule has 2 aromatic carbocycles. The van der Waals surface area contributed by atoms with Gasteiger partial charge in [-0.1, -0.05) is 57.5 Å². The molecule has 0 saturated carbocycles. The number of alkyl halides is 1. The topological polar surface area (TPSA) is 80.6 Å². The van der Waals surface area contributed by atoms with Crippen LogP contribution in [-0.4, -0.2) is 40.5 Å². The standard InChI is InChI=1S/C28H27F4N3O4.C2H6/c1-2-6-19(13-29)35-10-9-34-15-21(27(37)33-14-20-22(31)11-18(30)12-23(20)32)25(36)26(24(34)28(35)38)39-16-17-7-4-3-5-8-17;1-2/h3-5,7-8,11-12,15,19H,2,6,9-10,13-14,16H2,1H3,(H,33,37);1-2H3. The number of halogens is 4. The molecule has 2 heterocycles. The first-order chi connectivity index (χ1) is 19.7. The molecule has 1 atom stereocenters. The van der Waals surface area contributed by atoms with E-state index in [1.807, 2.05) is 20.8 Å². The second-order valence-electron chi connectivity index (χ2n) is 9.14. The summed E-state index contributed by atoms with van der Waals surface area (Å²) in [7, 11) is 0. The number of aromatic nitrogens is 1. The van der Waals surface area contributed by atoms with Crippen LogP contribution in [-0.2, 0) is 19.7 Å². The van der Waals surface area contributed by atoms with Gasteiger partial charge in [0.15, 0.2) is 11.4 Å². The van der Waals surface area contributed by atoms with Crippen LogP contribution in [0.3, 0.4) is 0 Å². The van der Waals surface area contributed by atoms with Crippen molar-refractivity contribution in [2.45, 2.75) is 59.4 Å². The SMILES string of the molecule is CC.CCCC(CF)N1CCn2cc(C(=O)NCc3c(F)cc(F)cc3F)c(=O)c(OCc3ccccc3)c2C1=O. The van der Waals surface area contributed by atoms with Gasteiger partial charge in [0.2, 0.25) is 5.43 Å². The van der Waals surface area contributed by atoms with Crippen molar-refractivity contribution in [3.63, 3.8) is 0 Å². The van der Waals surface area contributed by atoms with Crippen molar-refractivity contribution in [2.75, 3.05) is 13.2 Å². The fourth-order valence-electron chi connectivity index (χ4n) is 4.52. The van der Waals surface area contributed by atoms with Crippen molar-refractivity contribution in [2.24, 2.45) is 0 Å². The minimum Gasteiger partial charge on any atom is -0.483 e. The number of pyridine rings is 1. The van der Waals surface area contributed by atoms with Gasteiger partial charge in [0.1, 0.15) is 36.3 Å². The Hall–Kier alpha value is -4.15. The Kier molecular flexibility index (Phi) is 11.1. The molecule has 1 aliphatic rings. The van der Waals surface area contributed by atoms with Gasteiger partial charge in [0.05, 0.1) is 6.04 Å². The molecule has 2 amide bonds. The zero-order valence-corrected chi connectivity index (χ0v) is 23.2. The molecule has 0 aliphatic carbocycles. The smallest absolute Gasteiger partial charge is 0.274 e. The first kappa shape index (κ1) is 31.4. The van der Waals surface area contributed by atoms with E-state index in [4.69, 9.17) is 4.74 Å². The highest BCUT2D eigenvalue weighted by molar-refractivity contribution is 5.99. The van der Waals surface area contributed by atoms with Gasteiger partial charge in [-0.15, -0.1) is 0 Å². The van der Waals surface area contributed by atoms with Crippen LogP contribution < -0.4 is 15.5 Å². The minimum atomic E-state index is -1.19. The number of amides is 2. The van der Waals surface area contributed by atoms with E-state index in [1.165, 1.54) is 15.7 Å². The predicted molar refractivity (Wildman–Crippen MR) is 146 cm³/mol. The monoisotopic (exact) mass is 575 g/mol. The van der Waals surface area contributed by atoms with E-state index >= 15 is 0 Å².